The van der Waals surface area contributed by atoms with Crippen molar-refractivity contribution in [2.75, 3.05) is 18.9 Å². The summed E-state index contributed by atoms with van der Waals surface area (Å²) < 4.78 is 1.14. The molecule has 2 heterocycles. The summed E-state index contributed by atoms with van der Waals surface area (Å²) >= 11 is 3.52. The highest BCUT2D eigenvalue weighted by molar-refractivity contribution is 9.10. The van der Waals surface area contributed by atoms with Crippen molar-refractivity contribution >= 4 is 21.6 Å². The first-order chi connectivity index (χ1) is 8.20. The lowest BCUT2D eigenvalue weighted by molar-refractivity contribution is 0.207. The van der Waals surface area contributed by atoms with Crippen LogP contribution in [-0.2, 0) is 0 Å². The average molecular weight is 295 g/mol. The van der Waals surface area contributed by atoms with Gasteiger partial charge >= 0.3 is 0 Å². The van der Waals surface area contributed by atoms with Gasteiger partial charge in [-0.15, -0.1) is 0 Å². The van der Waals surface area contributed by atoms with E-state index >= 15 is 0 Å². The lowest BCUT2D eigenvalue weighted by Gasteiger charge is -2.32. The van der Waals surface area contributed by atoms with Crippen LogP contribution in [0.4, 0.5) is 5.69 Å². The van der Waals surface area contributed by atoms with Gasteiger partial charge < -0.3 is 5.32 Å². The molecule has 17 heavy (non-hydrogen) atoms. The molecule has 2 saturated heterocycles. The van der Waals surface area contributed by atoms with E-state index in [0.717, 1.165) is 17.1 Å². The topological polar surface area (TPSA) is 15.3 Å². The number of nitrogens with one attached hydrogen (secondary N) is 1. The van der Waals surface area contributed by atoms with Crippen molar-refractivity contribution in [3.05, 3.63) is 28.7 Å². The molecule has 0 saturated carbocycles. The van der Waals surface area contributed by atoms with Crippen LogP contribution in [0.3, 0.4) is 0 Å². The summed E-state index contributed by atoms with van der Waals surface area (Å²) in [6.45, 7) is 1.08. The predicted octanol–water partition coefficient (Wildman–Crippen LogP) is 3.49. The van der Waals surface area contributed by atoms with Gasteiger partial charge in [0.05, 0.1) is 0 Å². The number of rotatable bonds is 3. The molecule has 0 unspecified atom stereocenters. The molecule has 2 nitrogen and oxygen atoms in total. The molecule has 2 aliphatic rings. The van der Waals surface area contributed by atoms with E-state index in [-0.39, 0.29) is 0 Å². The Morgan fingerprint density at radius 2 is 2.18 bits per heavy atom. The van der Waals surface area contributed by atoms with Crippen molar-refractivity contribution in [2.45, 2.75) is 37.3 Å². The Morgan fingerprint density at radius 3 is 2.76 bits per heavy atom. The van der Waals surface area contributed by atoms with Crippen molar-refractivity contribution in [3.8, 4) is 0 Å². The van der Waals surface area contributed by atoms with Crippen LogP contribution >= 0.6 is 15.9 Å². The molecule has 0 aromatic heterocycles. The molecular formula is C14H19BrN2. The number of hydrogen-bond donors (Lipinski definition) is 1. The molecule has 0 spiro atoms. The fraction of sp³-hybridized carbons (Fsp3) is 0.571. The van der Waals surface area contributed by atoms with E-state index in [9.17, 15) is 0 Å². The summed E-state index contributed by atoms with van der Waals surface area (Å²) in [4.78, 5) is 2.61. The van der Waals surface area contributed by atoms with Gasteiger partial charge in [-0.2, -0.15) is 0 Å². The summed E-state index contributed by atoms with van der Waals surface area (Å²) in [5.74, 6) is 0. The normalized spacial score (nSPS) is 32.0. The molecule has 3 rings (SSSR count). The van der Waals surface area contributed by atoms with E-state index in [4.69, 9.17) is 0 Å². The highest BCUT2D eigenvalue weighted by Crippen LogP contribution is 2.45. The Morgan fingerprint density at radius 1 is 1.41 bits per heavy atom. The summed E-state index contributed by atoms with van der Waals surface area (Å²) in [6.07, 6.45) is 5.48. The standard InChI is InChI=1S/C14H19BrN2/c1-17-13-5-7-14(17,8-6-13)10-16-12-4-2-3-11(15)9-12/h2-4,9,13,16H,5-8,10H2,1H3. The fourth-order valence-electron chi connectivity index (χ4n) is 3.43. The second-order valence-corrected chi connectivity index (χ2v) is 6.35. The van der Waals surface area contributed by atoms with Crippen LogP contribution < -0.4 is 5.32 Å². The molecule has 1 aromatic carbocycles. The molecular weight excluding hydrogens is 276 g/mol. The van der Waals surface area contributed by atoms with Crippen LogP contribution in [0.1, 0.15) is 25.7 Å². The van der Waals surface area contributed by atoms with Gasteiger partial charge in [-0.3, -0.25) is 4.90 Å². The molecule has 2 fully saturated rings. The molecule has 1 N–H and O–H groups in total. The quantitative estimate of drug-likeness (QED) is 0.918. The zero-order valence-corrected chi connectivity index (χ0v) is 11.8. The van der Waals surface area contributed by atoms with Crippen LogP contribution in [0.25, 0.3) is 0 Å². The molecule has 1 aromatic rings. The highest BCUT2D eigenvalue weighted by Gasteiger charge is 2.49. The van der Waals surface area contributed by atoms with E-state index in [1.807, 2.05) is 0 Å². The van der Waals surface area contributed by atoms with Gasteiger partial charge in [-0.25, -0.2) is 0 Å². The predicted molar refractivity (Wildman–Crippen MR) is 75.4 cm³/mol. The van der Waals surface area contributed by atoms with E-state index in [1.165, 1.54) is 31.4 Å². The largest absolute Gasteiger partial charge is 0.383 e. The number of hydrogen-bond acceptors (Lipinski definition) is 2. The molecule has 3 heteroatoms. The number of likely N-dealkylation sites (N-methyl/N-ethyl adjacent to an activating group) is 1. The molecule has 2 aliphatic heterocycles. The van der Waals surface area contributed by atoms with Crippen molar-refractivity contribution in [3.63, 3.8) is 0 Å². The summed E-state index contributed by atoms with van der Waals surface area (Å²) in [6, 6.07) is 9.29. The number of anilines is 1. The van der Waals surface area contributed by atoms with Crippen LogP contribution in [0, 0.1) is 0 Å². The van der Waals surface area contributed by atoms with Crippen LogP contribution in [0.2, 0.25) is 0 Å². The van der Waals surface area contributed by atoms with Gasteiger partial charge in [0.15, 0.2) is 0 Å². The molecule has 0 amide bonds. The van der Waals surface area contributed by atoms with Crippen LogP contribution in [0.15, 0.2) is 28.7 Å². The highest BCUT2D eigenvalue weighted by atomic mass is 79.9. The average Bonchev–Trinajstić information content (AvgIpc) is 2.81. The Balaban J connectivity index is 1.68. The number of nitrogens with zero attached hydrogens (tertiary/aromatic N) is 1. The monoisotopic (exact) mass is 294 g/mol. The summed E-state index contributed by atoms with van der Waals surface area (Å²) in [5, 5.41) is 3.60. The van der Waals surface area contributed by atoms with Gasteiger partial charge in [0.2, 0.25) is 0 Å². The maximum atomic E-state index is 3.60. The molecule has 2 bridgehead atoms. The third kappa shape index (κ3) is 2.00. The van der Waals surface area contributed by atoms with E-state index in [1.54, 1.807) is 0 Å². The Hall–Kier alpha value is -0.540. The minimum atomic E-state index is 0.424. The maximum absolute atomic E-state index is 3.60. The maximum Gasteiger partial charge on any atom is 0.0382 e. The third-order valence-corrected chi connectivity index (χ3v) is 5.12. The third-order valence-electron chi connectivity index (χ3n) is 4.63. The number of halogens is 1. The first-order valence-corrected chi connectivity index (χ1v) is 7.21. The van der Waals surface area contributed by atoms with E-state index in [0.29, 0.717) is 5.54 Å². The minimum Gasteiger partial charge on any atom is -0.383 e. The minimum absolute atomic E-state index is 0.424. The van der Waals surface area contributed by atoms with Gasteiger partial charge in [0.25, 0.3) is 0 Å². The zero-order valence-electron chi connectivity index (χ0n) is 10.2. The lowest BCUT2D eigenvalue weighted by atomic mass is 9.87. The zero-order chi connectivity index (χ0) is 11.9. The SMILES string of the molecule is CN1C2CCC1(CNc1cccc(Br)c1)CC2. The van der Waals surface area contributed by atoms with Crippen molar-refractivity contribution in [2.24, 2.45) is 0 Å². The van der Waals surface area contributed by atoms with E-state index in [2.05, 4.69) is 57.5 Å². The number of benzene rings is 1. The fourth-order valence-corrected chi connectivity index (χ4v) is 3.83. The second-order valence-electron chi connectivity index (χ2n) is 5.43. The first kappa shape index (κ1) is 11.5. The molecule has 92 valence electrons. The molecule has 0 radical (unpaired) electrons. The Kier molecular flexibility index (Phi) is 2.91. The first-order valence-electron chi connectivity index (χ1n) is 6.42. The Labute approximate surface area is 112 Å². The van der Waals surface area contributed by atoms with Gasteiger partial charge in [-0.1, -0.05) is 22.0 Å². The Bertz CT molecular complexity index is 410. The van der Waals surface area contributed by atoms with Gasteiger partial charge in [-0.05, 0) is 50.9 Å². The molecule has 0 atom stereocenters. The molecule has 0 aliphatic carbocycles. The summed E-state index contributed by atoms with van der Waals surface area (Å²) in [7, 11) is 2.30. The summed E-state index contributed by atoms with van der Waals surface area (Å²) in [5.41, 5.74) is 1.64. The second kappa shape index (κ2) is 4.29. The van der Waals surface area contributed by atoms with Crippen molar-refractivity contribution in [1.82, 2.24) is 4.90 Å². The van der Waals surface area contributed by atoms with E-state index < -0.39 is 0 Å². The van der Waals surface area contributed by atoms with Crippen LogP contribution in [-0.4, -0.2) is 30.1 Å². The van der Waals surface area contributed by atoms with Gasteiger partial charge in [0.1, 0.15) is 0 Å². The smallest absolute Gasteiger partial charge is 0.0382 e. The van der Waals surface area contributed by atoms with Crippen molar-refractivity contribution < 1.29 is 0 Å². The van der Waals surface area contributed by atoms with Crippen LogP contribution in [0.5, 0.6) is 0 Å². The van der Waals surface area contributed by atoms with Crippen molar-refractivity contribution in [1.29, 1.82) is 0 Å². The lowest BCUT2D eigenvalue weighted by Crippen LogP contribution is -2.44. The number of fused-ring (bicyclic) bond motifs is 2. The van der Waals surface area contributed by atoms with Gasteiger partial charge in [0, 0.05) is 28.3 Å².